The first-order chi connectivity index (χ1) is 12.7. The van der Waals surface area contributed by atoms with Crippen LogP contribution in [0.1, 0.15) is 12.0 Å². The lowest BCUT2D eigenvalue weighted by Gasteiger charge is -2.36. The van der Waals surface area contributed by atoms with Crippen LogP contribution in [0.5, 0.6) is 0 Å². The number of halogens is 4. The van der Waals surface area contributed by atoms with Crippen molar-refractivity contribution in [2.24, 2.45) is 5.92 Å². The standard InChI is InChI=1S/C16H16ClF3N4O3/c17-14-11(23-4-3-9(8-25)12(26)7-23)6-22-24(15(14)27)13-2-1-10(5-21-13)16(18,19)20/h1-2,5-6,9,12,25-26H,3-4,7-8H2/t9-,12-/m0/s1. The highest BCUT2D eigenvalue weighted by Crippen LogP contribution is 2.29. The smallest absolute Gasteiger partial charge is 0.396 e. The van der Waals surface area contributed by atoms with Crippen molar-refractivity contribution >= 4 is 17.3 Å². The van der Waals surface area contributed by atoms with Crippen LogP contribution >= 0.6 is 11.6 Å². The summed E-state index contributed by atoms with van der Waals surface area (Å²) >= 11 is 6.15. The third-order valence-electron chi connectivity index (χ3n) is 4.49. The molecule has 0 aromatic carbocycles. The van der Waals surface area contributed by atoms with Crippen molar-refractivity contribution in [1.82, 2.24) is 14.8 Å². The van der Waals surface area contributed by atoms with Crippen molar-refractivity contribution in [2.75, 3.05) is 24.6 Å². The number of hydrogen-bond donors (Lipinski definition) is 2. The highest BCUT2D eigenvalue weighted by molar-refractivity contribution is 6.33. The number of rotatable bonds is 3. The molecule has 2 atom stereocenters. The molecule has 0 bridgehead atoms. The molecule has 2 aromatic rings. The van der Waals surface area contributed by atoms with Gasteiger partial charge in [0.15, 0.2) is 5.82 Å². The number of anilines is 1. The summed E-state index contributed by atoms with van der Waals surface area (Å²) in [6, 6.07) is 1.83. The molecule has 1 fully saturated rings. The molecule has 0 spiro atoms. The Morgan fingerprint density at radius 1 is 1.30 bits per heavy atom. The van der Waals surface area contributed by atoms with E-state index in [2.05, 4.69) is 10.1 Å². The molecule has 0 saturated carbocycles. The lowest BCUT2D eigenvalue weighted by Crippen LogP contribution is -2.45. The Morgan fingerprint density at radius 2 is 2.04 bits per heavy atom. The summed E-state index contributed by atoms with van der Waals surface area (Å²) in [6.07, 6.45) is -2.89. The molecule has 2 N–H and O–H groups in total. The number of aliphatic hydroxyl groups is 2. The van der Waals surface area contributed by atoms with Gasteiger partial charge in [0, 0.05) is 31.8 Å². The highest BCUT2D eigenvalue weighted by atomic mass is 35.5. The van der Waals surface area contributed by atoms with Crippen LogP contribution in [0.2, 0.25) is 5.02 Å². The Hall–Kier alpha value is -2.17. The van der Waals surface area contributed by atoms with E-state index < -0.39 is 23.4 Å². The molecule has 27 heavy (non-hydrogen) atoms. The fourth-order valence-electron chi connectivity index (χ4n) is 2.90. The molecule has 11 heteroatoms. The van der Waals surface area contributed by atoms with Gasteiger partial charge in [-0.3, -0.25) is 4.79 Å². The quantitative estimate of drug-likeness (QED) is 0.805. The predicted octanol–water partition coefficient (Wildman–Crippen LogP) is 1.48. The molecule has 0 unspecified atom stereocenters. The summed E-state index contributed by atoms with van der Waals surface area (Å²) in [5.74, 6) is -0.342. The van der Waals surface area contributed by atoms with Gasteiger partial charge < -0.3 is 15.1 Å². The van der Waals surface area contributed by atoms with Crippen molar-refractivity contribution in [3.05, 3.63) is 45.5 Å². The fraction of sp³-hybridized carbons (Fsp3) is 0.438. The van der Waals surface area contributed by atoms with Gasteiger partial charge in [0.1, 0.15) is 5.02 Å². The lowest BCUT2D eigenvalue weighted by atomic mass is 9.94. The first-order valence-electron chi connectivity index (χ1n) is 8.07. The number of aliphatic hydroxyl groups excluding tert-OH is 2. The number of pyridine rings is 1. The number of aromatic nitrogens is 3. The summed E-state index contributed by atoms with van der Waals surface area (Å²) in [5.41, 5.74) is -1.37. The maximum Gasteiger partial charge on any atom is 0.417 e. The lowest BCUT2D eigenvalue weighted by molar-refractivity contribution is -0.137. The minimum Gasteiger partial charge on any atom is -0.396 e. The third kappa shape index (κ3) is 3.92. The second-order valence-corrected chi connectivity index (χ2v) is 6.59. The normalized spacial score (nSPS) is 20.7. The Bertz CT molecular complexity index is 873. The molecule has 3 rings (SSSR count). The number of nitrogens with zero attached hydrogens (tertiary/aromatic N) is 4. The van der Waals surface area contributed by atoms with Gasteiger partial charge in [0.2, 0.25) is 0 Å². The molecule has 0 aliphatic carbocycles. The second-order valence-electron chi connectivity index (χ2n) is 6.21. The summed E-state index contributed by atoms with van der Waals surface area (Å²) in [4.78, 5) is 17.8. The van der Waals surface area contributed by atoms with Gasteiger partial charge in [-0.1, -0.05) is 11.6 Å². The molecule has 1 saturated heterocycles. The Balaban J connectivity index is 1.89. The van der Waals surface area contributed by atoms with Crippen LogP contribution in [0.4, 0.5) is 18.9 Å². The van der Waals surface area contributed by atoms with Crippen LogP contribution in [-0.2, 0) is 6.18 Å². The van der Waals surface area contributed by atoms with Crippen molar-refractivity contribution in [3.63, 3.8) is 0 Å². The molecule has 146 valence electrons. The largest absolute Gasteiger partial charge is 0.417 e. The van der Waals surface area contributed by atoms with Crippen LogP contribution in [0.3, 0.4) is 0 Å². The number of alkyl halides is 3. The van der Waals surface area contributed by atoms with Crippen molar-refractivity contribution in [3.8, 4) is 5.82 Å². The molecule has 0 amide bonds. The van der Waals surface area contributed by atoms with Gasteiger partial charge in [-0.2, -0.15) is 23.0 Å². The molecule has 2 aromatic heterocycles. The van der Waals surface area contributed by atoms with E-state index in [4.69, 9.17) is 11.6 Å². The topological polar surface area (TPSA) is 91.5 Å². The summed E-state index contributed by atoms with van der Waals surface area (Å²) in [6.45, 7) is 0.502. The van der Waals surface area contributed by atoms with Gasteiger partial charge >= 0.3 is 6.18 Å². The van der Waals surface area contributed by atoms with E-state index in [1.165, 1.54) is 6.20 Å². The minimum atomic E-state index is -4.53. The number of hydrogen-bond acceptors (Lipinski definition) is 6. The summed E-state index contributed by atoms with van der Waals surface area (Å²) in [5, 5.41) is 23.0. The van der Waals surface area contributed by atoms with Crippen LogP contribution in [0, 0.1) is 5.92 Å². The van der Waals surface area contributed by atoms with E-state index in [-0.39, 0.29) is 29.9 Å². The van der Waals surface area contributed by atoms with Crippen LogP contribution in [-0.4, -0.2) is 50.8 Å². The molecular formula is C16H16ClF3N4O3. The zero-order chi connectivity index (χ0) is 19.8. The van der Waals surface area contributed by atoms with Crippen LogP contribution in [0.25, 0.3) is 5.82 Å². The van der Waals surface area contributed by atoms with Gasteiger partial charge in [-0.05, 0) is 18.6 Å². The zero-order valence-corrected chi connectivity index (χ0v) is 14.7. The second kappa shape index (κ2) is 7.45. The van der Waals surface area contributed by atoms with Crippen molar-refractivity contribution in [1.29, 1.82) is 0 Å². The Labute approximate surface area is 156 Å². The van der Waals surface area contributed by atoms with E-state index in [1.54, 1.807) is 4.90 Å². The van der Waals surface area contributed by atoms with E-state index in [9.17, 15) is 28.2 Å². The molecule has 1 aliphatic rings. The van der Waals surface area contributed by atoms with E-state index in [0.29, 0.717) is 24.8 Å². The monoisotopic (exact) mass is 404 g/mol. The van der Waals surface area contributed by atoms with Crippen molar-refractivity contribution < 1.29 is 23.4 Å². The first-order valence-corrected chi connectivity index (χ1v) is 8.45. The van der Waals surface area contributed by atoms with Gasteiger partial charge in [-0.15, -0.1) is 0 Å². The molecular weight excluding hydrogens is 389 g/mol. The Kier molecular flexibility index (Phi) is 5.41. The van der Waals surface area contributed by atoms with E-state index in [1.807, 2.05) is 0 Å². The van der Waals surface area contributed by atoms with Crippen LogP contribution in [0.15, 0.2) is 29.3 Å². The van der Waals surface area contributed by atoms with Gasteiger partial charge in [0.05, 0.1) is 23.6 Å². The zero-order valence-electron chi connectivity index (χ0n) is 13.9. The Morgan fingerprint density at radius 3 is 2.59 bits per heavy atom. The average Bonchev–Trinajstić information content (AvgIpc) is 2.63. The highest BCUT2D eigenvalue weighted by Gasteiger charge is 2.31. The fourth-order valence-corrected chi connectivity index (χ4v) is 3.15. The van der Waals surface area contributed by atoms with Crippen LogP contribution < -0.4 is 10.5 Å². The van der Waals surface area contributed by atoms with E-state index in [0.717, 1.165) is 16.8 Å². The van der Waals surface area contributed by atoms with Gasteiger partial charge in [-0.25, -0.2) is 4.98 Å². The average molecular weight is 405 g/mol. The maximum absolute atomic E-state index is 12.6. The molecule has 7 nitrogen and oxygen atoms in total. The third-order valence-corrected chi connectivity index (χ3v) is 4.84. The molecule has 3 heterocycles. The number of β-amino-alcohol motifs (C(OH)–C–C–N with tert-alkyl or cyclic N) is 1. The molecule has 1 aliphatic heterocycles. The SMILES string of the molecule is O=c1c(Cl)c(N2CC[C@@H](CO)[C@@H](O)C2)cnn1-c1ccc(C(F)(F)F)cn1. The summed E-state index contributed by atoms with van der Waals surface area (Å²) < 4.78 is 38.7. The van der Waals surface area contributed by atoms with Crippen molar-refractivity contribution in [2.45, 2.75) is 18.7 Å². The number of piperidine rings is 1. The predicted molar refractivity (Wildman–Crippen MR) is 91.1 cm³/mol. The minimum absolute atomic E-state index is 0.0968. The maximum atomic E-state index is 12.6. The van der Waals surface area contributed by atoms with Gasteiger partial charge in [0.25, 0.3) is 5.56 Å². The summed E-state index contributed by atoms with van der Waals surface area (Å²) in [7, 11) is 0. The first kappa shape index (κ1) is 19.6. The molecule has 0 radical (unpaired) electrons. The van der Waals surface area contributed by atoms with E-state index >= 15 is 0 Å².